The molecule has 0 spiro atoms. The molecule has 0 aliphatic heterocycles. The molecule has 1 aromatic rings. The lowest BCUT2D eigenvalue weighted by Crippen LogP contribution is -2.20. The summed E-state index contributed by atoms with van der Waals surface area (Å²) in [7, 11) is 1.60. The Morgan fingerprint density at radius 1 is 1.37 bits per heavy atom. The molecule has 1 N–H and O–H groups in total. The van der Waals surface area contributed by atoms with Gasteiger partial charge in [0.2, 0.25) is 0 Å². The Kier molecular flexibility index (Phi) is 6.82. The Morgan fingerprint density at radius 2 is 2.16 bits per heavy atom. The summed E-state index contributed by atoms with van der Waals surface area (Å²) in [5.74, 6) is 0.534. The summed E-state index contributed by atoms with van der Waals surface area (Å²) in [6.45, 7) is 0.409. The highest BCUT2D eigenvalue weighted by atomic mass is 19.4. The van der Waals surface area contributed by atoms with Crippen LogP contribution in [-0.2, 0) is 22.4 Å². The molecule has 0 fully saturated rings. The van der Waals surface area contributed by atoms with Crippen LogP contribution in [0.15, 0.2) is 10.8 Å². The van der Waals surface area contributed by atoms with Gasteiger partial charge in [-0.3, -0.25) is 0 Å². The molecule has 1 aromatic heterocycles. The third-order valence-corrected chi connectivity index (χ3v) is 2.24. The molecule has 0 bridgehead atoms. The molecule has 0 unspecified atom stereocenters. The van der Waals surface area contributed by atoms with Crippen molar-refractivity contribution in [1.82, 2.24) is 10.3 Å². The molecule has 0 atom stereocenters. The largest absolute Gasteiger partial charge is 0.448 e. The Balaban J connectivity index is 2.24. The SMILES string of the molecule is COCCNCc1ncoc1CCOCC(F)(F)F. The molecule has 19 heavy (non-hydrogen) atoms. The van der Waals surface area contributed by atoms with Gasteiger partial charge in [-0.1, -0.05) is 0 Å². The lowest BCUT2D eigenvalue weighted by Gasteiger charge is -2.07. The van der Waals surface area contributed by atoms with Crippen LogP contribution in [0.1, 0.15) is 11.5 Å². The van der Waals surface area contributed by atoms with E-state index >= 15 is 0 Å². The van der Waals surface area contributed by atoms with E-state index < -0.39 is 12.8 Å². The van der Waals surface area contributed by atoms with Crippen LogP contribution in [0, 0.1) is 0 Å². The maximum absolute atomic E-state index is 11.9. The molecule has 0 aliphatic rings. The minimum atomic E-state index is -4.30. The van der Waals surface area contributed by atoms with Gasteiger partial charge in [-0.15, -0.1) is 0 Å². The predicted octanol–water partition coefficient (Wildman–Crippen LogP) is 1.53. The number of halogens is 3. The Hall–Kier alpha value is -1.12. The van der Waals surface area contributed by atoms with Gasteiger partial charge in [-0.2, -0.15) is 13.2 Å². The van der Waals surface area contributed by atoms with Gasteiger partial charge in [0.15, 0.2) is 6.39 Å². The average Bonchev–Trinajstić information content (AvgIpc) is 2.77. The highest BCUT2D eigenvalue weighted by Crippen LogP contribution is 2.15. The minimum Gasteiger partial charge on any atom is -0.448 e. The zero-order chi connectivity index (χ0) is 14.1. The highest BCUT2D eigenvalue weighted by Gasteiger charge is 2.27. The van der Waals surface area contributed by atoms with Crippen molar-refractivity contribution >= 4 is 0 Å². The Labute approximate surface area is 109 Å². The number of ether oxygens (including phenoxy) is 2. The Morgan fingerprint density at radius 3 is 2.84 bits per heavy atom. The minimum absolute atomic E-state index is 0.0558. The van der Waals surface area contributed by atoms with Gasteiger partial charge in [0, 0.05) is 26.6 Å². The maximum Gasteiger partial charge on any atom is 0.411 e. The second kappa shape index (κ2) is 8.13. The fraction of sp³-hybridized carbons (Fsp3) is 0.727. The summed E-state index contributed by atoms with van der Waals surface area (Å²) in [5.41, 5.74) is 0.673. The van der Waals surface area contributed by atoms with E-state index in [9.17, 15) is 13.2 Å². The summed E-state index contributed by atoms with van der Waals surface area (Å²) in [4.78, 5) is 3.99. The smallest absolute Gasteiger partial charge is 0.411 e. The molecule has 0 aliphatic carbocycles. The lowest BCUT2D eigenvalue weighted by molar-refractivity contribution is -0.173. The van der Waals surface area contributed by atoms with Crippen molar-refractivity contribution in [3.63, 3.8) is 0 Å². The summed E-state index contributed by atoms with van der Waals surface area (Å²) >= 11 is 0. The fourth-order valence-corrected chi connectivity index (χ4v) is 1.37. The van der Waals surface area contributed by atoms with E-state index in [-0.39, 0.29) is 13.0 Å². The van der Waals surface area contributed by atoms with Crippen molar-refractivity contribution in [2.75, 3.05) is 33.5 Å². The number of aromatic nitrogens is 1. The number of hydrogen-bond donors (Lipinski definition) is 1. The third-order valence-electron chi connectivity index (χ3n) is 2.24. The zero-order valence-electron chi connectivity index (χ0n) is 10.6. The van der Waals surface area contributed by atoms with Crippen LogP contribution in [0.2, 0.25) is 0 Å². The molecule has 110 valence electrons. The van der Waals surface area contributed by atoms with Crippen molar-refractivity contribution in [2.24, 2.45) is 0 Å². The van der Waals surface area contributed by atoms with Crippen LogP contribution in [-0.4, -0.2) is 44.6 Å². The molecule has 0 radical (unpaired) electrons. The average molecular weight is 282 g/mol. The normalized spacial score (nSPS) is 12.0. The summed E-state index contributed by atoms with van der Waals surface area (Å²) < 4.78 is 50.1. The van der Waals surface area contributed by atoms with Gasteiger partial charge in [0.1, 0.15) is 12.4 Å². The van der Waals surface area contributed by atoms with Crippen molar-refractivity contribution < 1.29 is 27.1 Å². The molecule has 8 heteroatoms. The number of rotatable bonds is 9. The molecule has 1 rings (SSSR count). The third kappa shape index (κ3) is 7.14. The first-order valence-electron chi connectivity index (χ1n) is 5.78. The lowest BCUT2D eigenvalue weighted by atomic mass is 10.2. The van der Waals surface area contributed by atoms with E-state index in [0.717, 1.165) is 0 Å². The van der Waals surface area contributed by atoms with Crippen LogP contribution in [0.4, 0.5) is 13.2 Å². The van der Waals surface area contributed by atoms with E-state index in [4.69, 9.17) is 9.15 Å². The first-order valence-corrected chi connectivity index (χ1v) is 5.78. The monoisotopic (exact) mass is 282 g/mol. The molecular weight excluding hydrogens is 265 g/mol. The van der Waals surface area contributed by atoms with E-state index in [1.54, 1.807) is 7.11 Å². The molecule has 0 saturated carbocycles. The van der Waals surface area contributed by atoms with Gasteiger partial charge in [0.25, 0.3) is 0 Å². The second-order valence-corrected chi connectivity index (χ2v) is 3.81. The van der Waals surface area contributed by atoms with E-state index in [1.807, 2.05) is 0 Å². The molecule has 0 aromatic carbocycles. The summed E-state index contributed by atoms with van der Waals surface area (Å²) in [6, 6.07) is 0. The molecule has 0 saturated heterocycles. The van der Waals surface area contributed by atoms with Gasteiger partial charge in [-0.25, -0.2) is 4.98 Å². The van der Waals surface area contributed by atoms with Crippen LogP contribution >= 0.6 is 0 Å². The highest BCUT2D eigenvalue weighted by molar-refractivity contribution is 5.07. The van der Waals surface area contributed by atoms with Crippen molar-refractivity contribution in [3.05, 3.63) is 17.8 Å². The molecule has 0 amide bonds. The quantitative estimate of drug-likeness (QED) is 0.696. The van der Waals surface area contributed by atoms with Crippen LogP contribution in [0.5, 0.6) is 0 Å². The van der Waals surface area contributed by atoms with E-state index in [0.29, 0.717) is 31.2 Å². The van der Waals surface area contributed by atoms with Crippen LogP contribution in [0.25, 0.3) is 0 Å². The molecule has 1 heterocycles. The van der Waals surface area contributed by atoms with Crippen LogP contribution in [0.3, 0.4) is 0 Å². The topological polar surface area (TPSA) is 56.5 Å². The number of alkyl halides is 3. The number of nitrogens with zero attached hydrogens (tertiary/aromatic N) is 1. The number of oxazole rings is 1. The molecule has 5 nitrogen and oxygen atoms in total. The second-order valence-electron chi connectivity index (χ2n) is 3.81. The Bertz CT molecular complexity index is 355. The van der Waals surface area contributed by atoms with E-state index in [2.05, 4.69) is 15.0 Å². The van der Waals surface area contributed by atoms with E-state index in [1.165, 1.54) is 6.39 Å². The number of hydrogen-bond acceptors (Lipinski definition) is 5. The van der Waals surface area contributed by atoms with Crippen LogP contribution < -0.4 is 5.32 Å². The van der Waals surface area contributed by atoms with Crippen molar-refractivity contribution in [1.29, 1.82) is 0 Å². The van der Waals surface area contributed by atoms with Gasteiger partial charge in [0.05, 0.1) is 18.9 Å². The van der Waals surface area contributed by atoms with Gasteiger partial charge in [-0.05, 0) is 0 Å². The maximum atomic E-state index is 11.9. The van der Waals surface area contributed by atoms with Crippen molar-refractivity contribution in [3.8, 4) is 0 Å². The number of nitrogens with one attached hydrogen (secondary N) is 1. The first kappa shape index (κ1) is 15.9. The predicted molar refractivity (Wildman–Crippen MR) is 60.7 cm³/mol. The first-order chi connectivity index (χ1) is 9.03. The summed E-state index contributed by atoms with van der Waals surface area (Å²) in [6.07, 6.45) is -2.77. The fourth-order valence-electron chi connectivity index (χ4n) is 1.37. The van der Waals surface area contributed by atoms with Crippen molar-refractivity contribution in [2.45, 2.75) is 19.1 Å². The molecular formula is C11H17F3N2O3. The zero-order valence-corrected chi connectivity index (χ0v) is 10.6. The standard InChI is InChI=1S/C11H17F3N2O3/c1-17-5-3-15-6-9-10(19-8-16-9)2-4-18-7-11(12,13)14/h8,15H,2-7H2,1H3. The van der Waals surface area contributed by atoms with Gasteiger partial charge >= 0.3 is 6.18 Å². The summed E-state index contributed by atoms with van der Waals surface area (Å²) in [5, 5.41) is 3.08. The number of methoxy groups -OCH3 is 1. The van der Waals surface area contributed by atoms with Gasteiger partial charge < -0.3 is 19.2 Å².